The summed E-state index contributed by atoms with van der Waals surface area (Å²) in [5.74, 6) is 0.374. The average Bonchev–Trinajstić information content (AvgIpc) is 3.05. The first kappa shape index (κ1) is 22.1. The zero-order chi connectivity index (χ0) is 22.2. The summed E-state index contributed by atoms with van der Waals surface area (Å²) in [5, 5.41) is 9.00. The van der Waals surface area contributed by atoms with E-state index in [4.69, 9.17) is 4.74 Å². The molecule has 0 radical (unpaired) electrons. The van der Waals surface area contributed by atoms with Crippen LogP contribution in [0.25, 0.3) is 5.70 Å². The Morgan fingerprint density at radius 1 is 1.19 bits per heavy atom. The van der Waals surface area contributed by atoms with Crippen LogP contribution in [0.5, 0.6) is 0 Å². The number of azo groups is 1. The van der Waals surface area contributed by atoms with E-state index in [-0.39, 0.29) is 29.2 Å². The van der Waals surface area contributed by atoms with Crippen molar-refractivity contribution < 1.29 is 13.9 Å². The van der Waals surface area contributed by atoms with Crippen LogP contribution in [-0.2, 0) is 9.53 Å². The van der Waals surface area contributed by atoms with E-state index in [1.165, 1.54) is 6.07 Å². The molecule has 0 spiro atoms. The number of carbonyl (C=O) groups is 1. The van der Waals surface area contributed by atoms with Gasteiger partial charge in [0.2, 0.25) is 5.91 Å². The lowest BCUT2D eigenvalue weighted by atomic mass is 9.61. The molecule has 2 bridgehead atoms. The molecular weight excluding hydrogens is 393 g/mol. The van der Waals surface area contributed by atoms with E-state index in [2.05, 4.69) is 31.0 Å². The second-order valence-corrected chi connectivity index (χ2v) is 9.97. The molecule has 6 heteroatoms. The van der Waals surface area contributed by atoms with Gasteiger partial charge in [-0.05, 0) is 55.1 Å². The molecule has 1 aliphatic carbocycles. The van der Waals surface area contributed by atoms with E-state index >= 15 is 0 Å². The Hall–Kier alpha value is -2.08. The van der Waals surface area contributed by atoms with Crippen molar-refractivity contribution in [2.45, 2.75) is 52.6 Å². The number of methoxy groups -OCH3 is 1. The molecule has 5 nitrogen and oxygen atoms in total. The van der Waals surface area contributed by atoms with Crippen molar-refractivity contribution in [3.63, 3.8) is 0 Å². The summed E-state index contributed by atoms with van der Waals surface area (Å²) < 4.78 is 20.0. The highest BCUT2D eigenvalue weighted by Gasteiger charge is 2.61. The first-order valence-electron chi connectivity index (χ1n) is 11.5. The quantitative estimate of drug-likeness (QED) is 0.655. The second kappa shape index (κ2) is 8.45. The first-order chi connectivity index (χ1) is 14.8. The summed E-state index contributed by atoms with van der Waals surface area (Å²) in [6.07, 6.45) is 5.81. The molecule has 1 aromatic carbocycles. The molecular formula is C25H34FN3O2. The van der Waals surface area contributed by atoms with E-state index in [0.717, 1.165) is 38.8 Å². The maximum atomic E-state index is 14.5. The van der Waals surface area contributed by atoms with Crippen molar-refractivity contribution in [3.8, 4) is 0 Å². The van der Waals surface area contributed by atoms with Gasteiger partial charge in [0, 0.05) is 25.8 Å². The number of likely N-dealkylation sites (tertiary alicyclic amines) is 1. The summed E-state index contributed by atoms with van der Waals surface area (Å²) in [6, 6.07) is 6.69. The minimum Gasteiger partial charge on any atom is -0.381 e. The van der Waals surface area contributed by atoms with E-state index in [1.54, 1.807) is 19.2 Å². The van der Waals surface area contributed by atoms with Gasteiger partial charge in [-0.25, -0.2) is 4.39 Å². The number of ether oxygens (including phenoxy) is 1. The normalized spacial score (nSPS) is 32.7. The molecule has 2 unspecified atom stereocenters. The number of rotatable bonds is 3. The zero-order valence-electron chi connectivity index (χ0n) is 19.1. The molecule has 3 atom stereocenters. The third-order valence-corrected chi connectivity index (χ3v) is 8.24. The SMILES string of the molecule is COC1CCN(C(=O)[C@]23CCC(C(C)/C=C(/c4ccccc4F)N=NC2)C3(C)C)CC1. The van der Waals surface area contributed by atoms with Crippen molar-refractivity contribution >= 4 is 11.6 Å². The van der Waals surface area contributed by atoms with Crippen LogP contribution in [0.15, 0.2) is 40.6 Å². The lowest BCUT2D eigenvalue weighted by Gasteiger charge is -2.46. The first-order valence-corrected chi connectivity index (χ1v) is 11.5. The fourth-order valence-electron chi connectivity index (χ4n) is 6.13. The Balaban J connectivity index is 1.67. The second-order valence-electron chi connectivity index (χ2n) is 9.97. The van der Waals surface area contributed by atoms with Crippen LogP contribution in [0.1, 0.15) is 52.0 Å². The number of halogens is 1. The summed E-state index contributed by atoms with van der Waals surface area (Å²) >= 11 is 0. The van der Waals surface area contributed by atoms with Gasteiger partial charge in [-0.1, -0.05) is 39.0 Å². The largest absolute Gasteiger partial charge is 0.381 e. The maximum Gasteiger partial charge on any atom is 0.231 e. The van der Waals surface area contributed by atoms with E-state index in [1.807, 2.05) is 17.0 Å². The molecule has 1 amide bonds. The van der Waals surface area contributed by atoms with Gasteiger partial charge in [-0.2, -0.15) is 10.2 Å². The fraction of sp³-hybridized carbons (Fsp3) is 0.640. The van der Waals surface area contributed by atoms with Crippen molar-refractivity contribution in [3.05, 3.63) is 41.7 Å². The third kappa shape index (κ3) is 3.73. The Kier molecular flexibility index (Phi) is 6.03. The molecule has 3 aliphatic rings. The fourth-order valence-corrected chi connectivity index (χ4v) is 6.13. The number of carbonyl (C=O) groups excluding carboxylic acids is 1. The van der Waals surface area contributed by atoms with Gasteiger partial charge in [-0.3, -0.25) is 4.79 Å². The topological polar surface area (TPSA) is 54.3 Å². The van der Waals surface area contributed by atoms with Gasteiger partial charge in [0.15, 0.2) is 0 Å². The number of amides is 1. The number of allylic oxidation sites excluding steroid dienone is 1. The van der Waals surface area contributed by atoms with Gasteiger partial charge in [0.25, 0.3) is 0 Å². The van der Waals surface area contributed by atoms with Gasteiger partial charge in [-0.15, -0.1) is 0 Å². The van der Waals surface area contributed by atoms with Crippen LogP contribution in [0.4, 0.5) is 4.39 Å². The molecule has 2 aliphatic heterocycles. The van der Waals surface area contributed by atoms with Gasteiger partial charge < -0.3 is 9.64 Å². The van der Waals surface area contributed by atoms with E-state index in [9.17, 15) is 9.18 Å². The Morgan fingerprint density at radius 3 is 2.58 bits per heavy atom. The Labute approximate surface area is 184 Å². The summed E-state index contributed by atoms with van der Waals surface area (Å²) in [6.45, 7) is 8.41. The minimum absolute atomic E-state index is 0.163. The van der Waals surface area contributed by atoms with Crippen molar-refractivity contribution in [2.24, 2.45) is 32.9 Å². The minimum atomic E-state index is -0.576. The number of benzene rings is 1. The smallest absolute Gasteiger partial charge is 0.231 e. The molecule has 0 N–H and O–H groups in total. The molecule has 31 heavy (non-hydrogen) atoms. The number of hydrogen-bond acceptors (Lipinski definition) is 4. The highest BCUT2D eigenvalue weighted by atomic mass is 19.1. The number of piperidine rings is 1. The number of nitrogens with zero attached hydrogens (tertiary/aromatic N) is 3. The third-order valence-electron chi connectivity index (χ3n) is 8.24. The Bertz CT molecular complexity index is 889. The number of fused-ring (bicyclic) bond motifs is 2. The predicted octanol–water partition coefficient (Wildman–Crippen LogP) is 5.33. The monoisotopic (exact) mass is 427 g/mol. The molecule has 168 valence electrons. The summed E-state index contributed by atoms with van der Waals surface area (Å²) in [5.41, 5.74) is 0.225. The number of hydrogen-bond donors (Lipinski definition) is 0. The molecule has 2 fully saturated rings. The van der Waals surface area contributed by atoms with Crippen molar-refractivity contribution in [1.29, 1.82) is 0 Å². The van der Waals surface area contributed by atoms with Crippen LogP contribution in [-0.4, -0.2) is 43.7 Å². The molecule has 1 saturated carbocycles. The molecule has 1 aromatic rings. The molecule has 0 aromatic heterocycles. The molecule has 1 saturated heterocycles. The van der Waals surface area contributed by atoms with Crippen LogP contribution in [0.3, 0.4) is 0 Å². The lowest BCUT2D eigenvalue weighted by molar-refractivity contribution is -0.151. The van der Waals surface area contributed by atoms with Crippen LogP contribution in [0, 0.1) is 28.5 Å². The predicted molar refractivity (Wildman–Crippen MR) is 119 cm³/mol. The highest BCUT2D eigenvalue weighted by Crippen LogP contribution is 2.60. The molecule has 2 heterocycles. The van der Waals surface area contributed by atoms with Crippen LogP contribution >= 0.6 is 0 Å². The van der Waals surface area contributed by atoms with Gasteiger partial charge in [0.1, 0.15) is 5.82 Å². The lowest BCUT2D eigenvalue weighted by Crippen LogP contribution is -2.54. The van der Waals surface area contributed by atoms with Gasteiger partial charge in [0.05, 0.1) is 23.8 Å². The highest BCUT2D eigenvalue weighted by molar-refractivity contribution is 5.84. The van der Waals surface area contributed by atoms with Crippen molar-refractivity contribution in [2.75, 3.05) is 26.7 Å². The van der Waals surface area contributed by atoms with E-state index < -0.39 is 5.41 Å². The zero-order valence-corrected chi connectivity index (χ0v) is 19.1. The van der Waals surface area contributed by atoms with E-state index in [0.29, 0.717) is 23.7 Å². The Morgan fingerprint density at radius 2 is 1.90 bits per heavy atom. The summed E-state index contributed by atoms with van der Waals surface area (Å²) in [4.78, 5) is 16.0. The molecule has 4 rings (SSSR count). The van der Waals surface area contributed by atoms with Crippen molar-refractivity contribution in [1.82, 2.24) is 4.90 Å². The summed E-state index contributed by atoms with van der Waals surface area (Å²) in [7, 11) is 1.74. The van der Waals surface area contributed by atoms with Gasteiger partial charge >= 0.3 is 0 Å². The maximum absolute atomic E-state index is 14.5. The van der Waals surface area contributed by atoms with Crippen LogP contribution < -0.4 is 0 Å². The van der Waals surface area contributed by atoms with Crippen LogP contribution in [0.2, 0.25) is 0 Å². The standard InChI is InChI=1S/C25H34FN3O2/c1-17-15-22(19-7-5-6-8-21(19)26)28-27-16-25(12-9-20(17)24(25,2)3)23(30)29-13-10-18(31-4)11-14-29/h5-8,15,17-18,20H,9-14,16H2,1-4H3/b22-15-,28-27?/t17?,20?,25-/m0/s1. The average molecular weight is 428 g/mol.